The van der Waals surface area contributed by atoms with E-state index in [1.807, 2.05) is 16.7 Å². The fourth-order valence-corrected chi connectivity index (χ4v) is 2.93. The fraction of sp³-hybridized carbons (Fsp3) is 0.571. The van der Waals surface area contributed by atoms with Crippen LogP contribution < -0.4 is 0 Å². The Morgan fingerprint density at radius 2 is 2.00 bits per heavy atom. The molecule has 2 unspecified atom stereocenters. The predicted molar refractivity (Wildman–Crippen MR) is 81.6 cm³/mol. The van der Waals surface area contributed by atoms with Gasteiger partial charge in [-0.25, -0.2) is 9.97 Å². The normalized spacial score (nSPS) is 24.3. The Morgan fingerprint density at radius 1 is 1.26 bits per heavy atom. The first-order valence-corrected chi connectivity index (χ1v) is 6.78. The molecule has 1 saturated heterocycles. The van der Waals surface area contributed by atoms with Crippen molar-refractivity contribution in [2.45, 2.75) is 51.7 Å². The van der Waals surface area contributed by atoms with Crippen LogP contribution in [0, 0.1) is 0 Å². The monoisotopic (exact) mass is 324 g/mol. The molecule has 2 aromatic rings. The molecule has 3 rings (SSSR count). The number of halogens is 1. The Kier molecular flexibility index (Phi) is 4.58. The van der Waals surface area contributed by atoms with E-state index in [0.717, 1.165) is 18.0 Å². The van der Waals surface area contributed by atoms with Crippen molar-refractivity contribution in [3.8, 4) is 0 Å². The summed E-state index contributed by atoms with van der Waals surface area (Å²) in [4.78, 5) is 11.4. The van der Waals surface area contributed by atoms with Gasteiger partial charge in [0.25, 0.3) is 0 Å². The van der Waals surface area contributed by atoms with Crippen LogP contribution in [0.25, 0.3) is 5.78 Å². The first-order chi connectivity index (χ1) is 8.74. The molecule has 1 aliphatic heterocycles. The summed E-state index contributed by atoms with van der Waals surface area (Å²) in [5.41, 5.74) is 1.12. The molecule has 1 aliphatic rings. The number of hydrogen-bond donors (Lipinski definition) is 0. The Hall–Kier alpha value is -0.940. The highest BCUT2D eigenvalue weighted by Gasteiger charge is 2.25. The van der Waals surface area contributed by atoms with Crippen LogP contribution in [-0.2, 0) is 6.54 Å². The molecule has 0 spiro atoms. The quantitative estimate of drug-likeness (QED) is 0.851. The van der Waals surface area contributed by atoms with Crippen LogP contribution in [0.15, 0.2) is 24.7 Å². The standard InChI is InChI=1S/C14H20N4.BrH/c1-11-5-3-6-12(2)18(11)10-13-9-17-8-4-7-15-14(17)16-13;/h4,7-9,11-12H,3,5-6,10H2,1-2H3;1H. The zero-order chi connectivity index (χ0) is 12.5. The van der Waals surface area contributed by atoms with Crippen molar-refractivity contribution in [3.63, 3.8) is 0 Å². The van der Waals surface area contributed by atoms with Crippen LogP contribution in [0.2, 0.25) is 0 Å². The molecule has 2 aromatic heterocycles. The Morgan fingerprint density at radius 3 is 2.68 bits per heavy atom. The van der Waals surface area contributed by atoms with E-state index in [1.54, 1.807) is 6.20 Å². The molecule has 0 radical (unpaired) electrons. The molecule has 0 aromatic carbocycles. The van der Waals surface area contributed by atoms with Crippen molar-refractivity contribution in [3.05, 3.63) is 30.4 Å². The summed E-state index contributed by atoms with van der Waals surface area (Å²) in [5, 5.41) is 0. The number of imidazole rings is 1. The predicted octanol–water partition coefficient (Wildman–Crippen LogP) is 3.07. The van der Waals surface area contributed by atoms with Crippen molar-refractivity contribution in [2.24, 2.45) is 0 Å². The molecule has 4 nitrogen and oxygen atoms in total. The Balaban J connectivity index is 0.00000133. The van der Waals surface area contributed by atoms with Gasteiger partial charge in [-0.2, -0.15) is 0 Å². The highest BCUT2D eigenvalue weighted by Crippen LogP contribution is 2.24. The van der Waals surface area contributed by atoms with Crippen LogP contribution in [0.4, 0.5) is 0 Å². The third-order valence-corrected chi connectivity index (χ3v) is 4.01. The summed E-state index contributed by atoms with van der Waals surface area (Å²) >= 11 is 0. The molecule has 2 atom stereocenters. The van der Waals surface area contributed by atoms with Gasteiger partial charge in [-0.3, -0.25) is 9.30 Å². The number of likely N-dealkylation sites (tertiary alicyclic amines) is 1. The highest BCUT2D eigenvalue weighted by molar-refractivity contribution is 8.93. The SMILES string of the molecule is Br.CC1CCCC(C)N1Cc1cn2cccnc2n1. The maximum atomic E-state index is 4.59. The number of nitrogens with zero attached hydrogens (tertiary/aromatic N) is 4. The molecule has 104 valence electrons. The Bertz CT molecular complexity index is 496. The lowest BCUT2D eigenvalue weighted by molar-refractivity contribution is 0.0940. The van der Waals surface area contributed by atoms with E-state index in [0.29, 0.717) is 12.1 Å². The molecule has 19 heavy (non-hydrogen) atoms. The average molecular weight is 325 g/mol. The third kappa shape index (κ3) is 2.98. The van der Waals surface area contributed by atoms with Crippen LogP contribution in [0.3, 0.4) is 0 Å². The van der Waals surface area contributed by atoms with Gasteiger partial charge in [-0.05, 0) is 32.8 Å². The van der Waals surface area contributed by atoms with E-state index in [-0.39, 0.29) is 17.0 Å². The maximum absolute atomic E-state index is 4.59. The second-order valence-corrected chi connectivity index (χ2v) is 5.36. The second-order valence-electron chi connectivity index (χ2n) is 5.36. The maximum Gasteiger partial charge on any atom is 0.233 e. The van der Waals surface area contributed by atoms with Gasteiger partial charge in [0.2, 0.25) is 5.78 Å². The van der Waals surface area contributed by atoms with E-state index in [4.69, 9.17) is 0 Å². The molecule has 5 heteroatoms. The minimum absolute atomic E-state index is 0. The van der Waals surface area contributed by atoms with Crippen LogP contribution in [0.5, 0.6) is 0 Å². The summed E-state index contributed by atoms with van der Waals surface area (Å²) in [7, 11) is 0. The van der Waals surface area contributed by atoms with Gasteiger partial charge in [-0.15, -0.1) is 17.0 Å². The lowest BCUT2D eigenvalue weighted by atomic mass is 9.97. The van der Waals surface area contributed by atoms with E-state index in [2.05, 4.69) is 34.9 Å². The smallest absolute Gasteiger partial charge is 0.233 e. The van der Waals surface area contributed by atoms with Crippen molar-refractivity contribution in [1.82, 2.24) is 19.3 Å². The van der Waals surface area contributed by atoms with Crippen molar-refractivity contribution in [2.75, 3.05) is 0 Å². The number of aromatic nitrogens is 3. The van der Waals surface area contributed by atoms with Gasteiger partial charge < -0.3 is 0 Å². The average Bonchev–Trinajstić information content (AvgIpc) is 2.76. The van der Waals surface area contributed by atoms with E-state index in [9.17, 15) is 0 Å². The van der Waals surface area contributed by atoms with Crippen LogP contribution >= 0.6 is 17.0 Å². The Labute approximate surface area is 124 Å². The van der Waals surface area contributed by atoms with Gasteiger partial charge >= 0.3 is 0 Å². The summed E-state index contributed by atoms with van der Waals surface area (Å²) in [5.74, 6) is 0.796. The van der Waals surface area contributed by atoms with E-state index in [1.165, 1.54) is 19.3 Å². The number of fused-ring (bicyclic) bond motifs is 1. The van der Waals surface area contributed by atoms with Gasteiger partial charge in [0, 0.05) is 37.2 Å². The molecular weight excluding hydrogens is 304 g/mol. The molecular formula is C14H21BrN4. The zero-order valence-electron chi connectivity index (χ0n) is 11.5. The first-order valence-electron chi connectivity index (χ1n) is 6.78. The number of rotatable bonds is 2. The second kappa shape index (κ2) is 6.01. The molecule has 1 fully saturated rings. The molecule has 0 aliphatic carbocycles. The van der Waals surface area contributed by atoms with Crippen molar-refractivity contribution >= 4 is 22.8 Å². The largest absolute Gasteiger partial charge is 0.292 e. The summed E-state index contributed by atoms with van der Waals surface area (Å²) < 4.78 is 1.99. The van der Waals surface area contributed by atoms with Crippen molar-refractivity contribution in [1.29, 1.82) is 0 Å². The molecule has 3 heterocycles. The lowest BCUT2D eigenvalue weighted by Crippen LogP contribution is -2.43. The van der Waals surface area contributed by atoms with Crippen LogP contribution in [-0.4, -0.2) is 31.4 Å². The lowest BCUT2D eigenvalue weighted by Gasteiger charge is -2.38. The minimum Gasteiger partial charge on any atom is -0.292 e. The zero-order valence-corrected chi connectivity index (χ0v) is 13.2. The van der Waals surface area contributed by atoms with Gasteiger partial charge in [0.05, 0.1) is 5.69 Å². The molecule has 0 N–H and O–H groups in total. The molecule has 0 amide bonds. The number of hydrogen-bond acceptors (Lipinski definition) is 3. The van der Waals surface area contributed by atoms with Crippen molar-refractivity contribution < 1.29 is 0 Å². The third-order valence-electron chi connectivity index (χ3n) is 4.01. The molecule has 0 bridgehead atoms. The fourth-order valence-electron chi connectivity index (χ4n) is 2.93. The van der Waals surface area contributed by atoms with Gasteiger partial charge in [-0.1, -0.05) is 6.42 Å². The van der Waals surface area contributed by atoms with Gasteiger partial charge in [0.1, 0.15) is 0 Å². The summed E-state index contributed by atoms with van der Waals surface area (Å²) in [6.45, 7) is 5.58. The highest BCUT2D eigenvalue weighted by atomic mass is 79.9. The summed E-state index contributed by atoms with van der Waals surface area (Å²) in [6.07, 6.45) is 9.84. The van der Waals surface area contributed by atoms with E-state index >= 15 is 0 Å². The first kappa shape index (κ1) is 14.5. The van der Waals surface area contributed by atoms with Gasteiger partial charge in [0.15, 0.2) is 0 Å². The topological polar surface area (TPSA) is 33.4 Å². The minimum atomic E-state index is 0. The van der Waals surface area contributed by atoms with Crippen LogP contribution in [0.1, 0.15) is 38.8 Å². The number of piperidine rings is 1. The van der Waals surface area contributed by atoms with E-state index < -0.39 is 0 Å². The molecule has 0 saturated carbocycles. The summed E-state index contributed by atoms with van der Waals surface area (Å²) in [6, 6.07) is 3.25.